The van der Waals surface area contributed by atoms with Gasteiger partial charge in [-0.05, 0) is 31.4 Å². The normalized spacial score (nSPS) is 34.2. The van der Waals surface area contributed by atoms with E-state index in [1.165, 1.54) is 25.1 Å². The van der Waals surface area contributed by atoms with Crippen LogP contribution in [0.3, 0.4) is 0 Å². The van der Waals surface area contributed by atoms with Crippen molar-refractivity contribution in [3.63, 3.8) is 0 Å². The van der Waals surface area contributed by atoms with E-state index in [9.17, 15) is 0 Å². The van der Waals surface area contributed by atoms with Gasteiger partial charge in [0.2, 0.25) is 0 Å². The van der Waals surface area contributed by atoms with Crippen LogP contribution in [-0.2, 0) is 6.54 Å². The molecule has 0 bridgehead atoms. The molecule has 2 saturated heterocycles. The zero-order valence-electron chi connectivity index (χ0n) is 9.89. The van der Waals surface area contributed by atoms with Crippen LogP contribution < -0.4 is 5.32 Å². The van der Waals surface area contributed by atoms with Crippen molar-refractivity contribution in [2.24, 2.45) is 5.92 Å². The molecule has 0 aromatic heterocycles. The predicted octanol–water partition coefficient (Wildman–Crippen LogP) is 1.87. The molecule has 1 aromatic rings. The highest BCUT2D eigenvalue weighted by atomic mass is 15.3. The Bertz CT molecular complexity index is 349. The quantitative estimate of drug-likeness (QED) is 0.812. The summed E-state index contributed by atoms with van der Waals surface area (Å²) < 4.78 is 0. The molecule has 2 aliphatic rings. The summed E-state index contributed by atoms with van der Waals surface area (Å²) in [4.78, 5) is 2.68. The van der Waals surface area contributed by atoms with E-state index in [0.717, 1.165) is 24.5 Å². The number of fused-ring (bicyclic) bond motifs is 1. The van der Waals surface area contributed by atoms with Crippen molar-refractivity contribution in [2.45, 2.75) is 32.0 Å². The number of nitrogens with one attached hydrogen (secondary N) is 1. The molecule has 3 atom stereocenters. The number of hydrogen-bond acceptors (Lipinski definition) is 2. The van der Waals surface area contributed by atoms with Crippen molar-refractivity contribution in [2.75, 3.05) is 13.1 Å². The lowest BCUT2D eigenvalue weighted by Crippen LogP contribution is -2.37. The van der Waals surface area contributed by atoms with Crippen LogP contribution in [0.5, 0.6) is 0 Å². The molecule has 2 nitrogen and oxygen atoms in total. The molecule has 0 amide bonds. The van der Waals surface area contributed by atoms with Crippen molar-refractivity contribution in [3.05, 3.63) is 35.9 Å². The summed E-state index contributed by atoms with van der Waals surface area (Å²) in [5.74, 6) is 0.888. The number of rotatable bonds is 2. The standard InChI is InChI=1S/C14H20N2/c1-11-7-13-8-15-9-14(13)16(11)10-12-5-3-2-4-6-12/h2-6,11,13-15H,7-10H2,1H3/t11-,13+,14+/m1/s1. The third-order valence-electron chi connectivity index (χ3n) is 4.15. The highest BCUT2D eigenvalue weighted by Gasteiger charge is 2.41. The second-order valence-electron chi connectivity index (χ2n) is 5.23. The minimum absolute atomic E-state index is 0.748. The van der Waals surface area contributed by atoms with Crippen LogP contribution in [0.4, 0.5) is 0 Å². The van der Waals surface area contributed by atoms with E-state index in [0.29, 0.717) is 0 Å². The number of nitrogens with zero attached hydrogens (tertiary/aromatic N) is 1. The zero-order chi connectivity index (χ0) is 11.0. The molecule has 86 valence electrons. The molecule has 16 heavy (non-hydrogen) atoms. The van der Waals surface area contributed by atoms with Crippen molar-refractivity contribution < 1.29 is 0 Å². The molecule has 0 radical (unpaired) electrons. The van der Waals surface area contributed by atoms with Gasteiger partial charge < -0.3 is 5.32 Å². The van der Waals surface area contributed by atoms with Gasteiger partial charge in [-0.1, -0.05) is 30.3 Å². The van der Waals surface area contributed by atoms with E-state index < -0.39 is 0 Å². The van der Waals surface area contributed by atoms with E-state index >= 15 is 0 Å². The summed E-state index contributed by atoms with van der Waals surface area (Å²) in [5.41, 5.74) is 1.45. The first-order valence-electron chi connectivity index (χ1n) is 6.35. The molecule has 2 heteroatoms. The monoisotopic (exact) mass is 216 g/mol. The second-order valence-corrected chi connectivity index (χ2v) is 5.23. The van der Waals surface area contributed by atoms with Crippen LogP contribution in [0.25, 0.3) is 0 Å². The van der Waals surface area contributed by atoms with Crippen LogP contribution >= 0.6 is 0 Å². The van der Waals surface area contributed by atoms with E-state index in [2.05, 4.69) is 47.5 Å². The highest BCUT2D eigenvalue weighted by molar-refractivity contribution is 5.15. The van der Waals surface area contributed by atoms with E-state index in [1.54, 1.807) is 0 Å². The lowest BCUT2D eigenvalue weighted by molar-refractivity contribution is 0.195. The van der Waals surface area contributed by atoms with Crippen LogP contribution in [0.15, 0.2) is 30.3 Å². The largest absolute Gasteiger partial charge is 0.315 e. The first-order valence-corrected chi connectivity index (χ1v) is 6.35. The fourth-order valence-electron chi connectivity index (χ4n) is 3.32. The van der Waals surface area contributed by atoms with Gasteiger partial charge in [-0.25, -0.2) is 0 Å². The summed E-state index contributed by atoms with van der Waals surface area (Å²) in [7, 11) is 0. The summed E-state index contributed by atoms with van der Waals surface area (Å²) in [6.45, 7) is 5.90. The van der Waals surface area contributed by atoms with E-state index in [-0.39, 0.29) is 0 Å². The van der Waals surface area contributed by atoms with E-state index in [1.807, 2.05) is 0 Å². The zero-order valence-corrected chi connectivity index (χ0v) is 9.89. The molecule has 3 rings (SSSR count). The molecule has 0 aliphatic carbocycles. The Kier molecular flexibility index (Phi) is 2.70. The van der Waals surface area contributed by atoms with Gasteiger partial charge in [0.25, 0.3) is 0 Å². The van der Waals surface area contributed by atoms with Gasteiger partial charge in [0.1, 0.15) is 0 Å². The Hall–Kier alpha value is -0.860. The summed E-state index contributed by atoms with van der Waals surface area (Å²) in [6, 6.07) is 12.4. The highest BCUT2D eigenvalue weighted by Crippen LogP contribution is 2.33. The van der Waals surface area contributed by atoms with Crippen molar-refractivity contribution in [3.8, 4) is 0 Å². The molecule has 2 aliphatic heterocycles. The fourth-order valence-corrected chi connectivity index (χ4v) is 3.32. The first kappa shape index (κ1) is 10.3. The number of benzene rings is 1. The molecule has 0 spiro atoms. The van der Waals surface area contributed by atoms with Gasteiger partial charge in [-0.3, -0.25) is 4.90 Å². The molecule has 0 saturated carbocycles. The maximum Gasteiger partial charge on any atom is 0.0267 e. The predicted molar refractivity (Wildman–Crippen MR) is 66.2 cm³/mol. The average molecular weight is 216 g/mol. The summed E-state index contributed by atoms with van der Waals surface area (Å²) in [5, 5.41) is 3.52. The van der Waals surface area contributed by atoms with Gasteiger partial charge in [0.15, 0.2) is 0 Å². The molecular weight excluding hydrogens is 196 g/mol. The van der Waals surface area contributed by atoms with Crippen LogP contribution in [0.1, 0.15) is 18.9 Å². The third kappa shape index (κ3) is 1.76. The van der Waals surface area contributed by atoms with E-state index in [4.69, 9.17) is 0 Å². The maximum atomic E-state index is 3.52. The lowest BCUT2D eigenvalue weighted by atomic mass is 10.0. The number of hydrogen-bond donors (Lipinski definition) is 1. The summed E-state index contributed by atoms with van der Waals surface area (Å²) >= 11 is 0. The molecule has 1 N–H and O–H groups in total. The first-order chi connectivity index (χ1) is 7.84. The molecule has 2 heterocycles. The van der Waals surface area contributed by atoms with Gasteiger partial charge in [0, 0.05) is 25.2 Å². The Morgan fingerprint density at radius 1 is 1.25 bits per heavy atom. The second kappa shape index (κ2) is 4.19. The average Bonchev–Trinajstić information content (AvgIpc) is 2.84. The van der Waals surface area contributed by atoms with Crippen LogP contribution in [0.2, 0.25) is 0 Å². The minimum Gasteiger partial charge on any atom is -0.315 e. The Morgan fingerprint density at radius 2 is 2.06 bits per heavy atom. The Labute approximate surface area is 97.6 Å². The molecule has 1 aromatic carbocycles. The lowest BCUT2D eigenvalue weighted by Gasteiger charge is -2.27. The Balaban J connectivity index is 1.74. The van der Waals surface area contributed by atoms with Gasteiger partial charge >= 0.3 is 0 Å². The third-order valence-corrected chi connectivity index (χ3v) is 4.15. The van der Waals surface area contributed by atoms with Gasteiger partial charge in [-0.15, -0.1) is 0 Å². The van der Waals surface area contributed by atoms with Crippen molar-refractivity contribution >= 4 is 0 Å². The molecule has 0 unspecified atom stereocenters. The van der Waals surface area contributed by atoms with Crippen LogP contribution in [0, 0.1) is 5.92 Å². The summed E-state index contributed by atoms with van der Waals surface area (Å²) in [6.07, 6.45) is 1.37. The SMILES string of the molecule is C[C@@H]1C[C@H]2CNC[C@@H]2N1Cc1ccccc1. The van der Waals surface area contributed by atoms with Crippen molar-refractivity contribution in [1.29, 1.82) is 0 Å². The fraction of sp³-hybridized carbons (Fsp3) is 0.571. The Morgan fingerprint density at radius 3 is 2.88 bits per heavy atom. The topological polar surface area (TPSA) is 15.3 Å². The smallest absolute Gasteiger partial charge is 0.0267 e. The van der Waals surface area contributed by atoms with Gasteiger partial charge in [-0.2, -0.15) is 0 Å². The minimum atomic E-state index is 0.748. The molecular formula is C14H20N2. The number of likely N-dealkylation sites (tertiary alicyclic amines) is 1. The maximum absolute atomic E-state index is 3.52. The van der Waals surface area contributed by atoms with Gasteiger partial charge in [0.05, 0.1) is 0 Å². The van der Waals surface area contributed by atoms with Crippen LogP contribution in [-0.4, -0.2) is 30.1 Å². The molecule has 2 fully saturated rings. The van der Waals surface area contributed by atoms with Crippen molar-refractivity contribution in [1.82, 2.24) is 10.2 Å².